The summed E-state index contributed by atoms with van der Waals surface area (Å²) in [4.78, 5) is 0. The first-order chi connectivity index (χ1) is 7.20. The summed E-state index contributed by atoms with van der Waals surface area (Å²) in [5.41, 5.74) is -1.10. The van der Waals surface area contributed by atoms with Crippen LogP contribution in [0.5, 0.6) is 0 Å². The van der Waals surface area contributed by atoms with Crippen LogP contribution in [-0.4, -0.2) is 22.0 Å². The standard InChI is InChI=1S/C10H15F3N2O/c1-9(2,3)16-7-6-15-8(4-5-14-15)10(11,12)13/h4-5H,6-7H2,1-3H3. The van der Waals surface area contributed by atoms with Crippen molar-refractivity contribution in [3.8, 4) is 0 Å². The molecule has 0 unspecified atom stereocenters. The molecule has 0 bridgehead atoms. The van der Waals surface area contributed by atoms with E-state index in [1.54, 1.807) is 0 Å². The lowest BCUT2D eigenvalue weighted by Gasteiger charge is -2.20. The van der Waals surface area contributed by atoms with Crippen molar-refractivity contribution in [2.75, 3.05) is 6.61 Å². The number of hydrogen-bond acceptors (Lipinski definition) is 2. The van der Waals surface area contributed by atoms with Crippen molar-refractivity contribution in [3.63, 3.8) is 0 Å². The van der Waals surface area contributed by atoms with E-state index in [4.69, 9.17) is 4.74 Å². The number of aromatic nitrogens is 2. The first-order valence-corrected chi connectivity index (χ1v) is 4.93. The topological polar surface area (TPSA) is 27.1 Å². The van der Waals surface area contributed by atoms with E-state index in [0.29, 0.717) is 0 Å². The van der Waals surface area contributed by atoms with Crippen LogP contribution in [0.2, 0.25) is 0 Å². The second-order valence-corrected chi connectivity index (χ2v) is 4.40. The third-order valence-corrected chi connectivity index (χ3v) is 1.85. The molecule has 0 N–H and O–H groups in total. The quantitative estimate of drug-likeness (QED) is 0.806. The highest BCUT2D eigenvalue weighted by molar-refractivity contribution is 5.04. The van der Waals surface area contributed by atoms with Crippen LogP contribution in [0, 0.1) is 0 Å². The molecule has 1 rings (SSSR count). The Balaban J connectivity index is 2.59. The molecule has 3 nitrogen and oxygen atoms in total. The highest BCUT2D eigenvalue weighted by Gasteiger charge is 2.34. The lowest BCUT2D eigenvalue weighted by molar-refractivity contribution is -0.144. The Morgan fingerprint density at radius 1 is 1.31 bits per heavy atom. The van der Waals surface area contributed by atoms with Crippen molar-refractivity contribution in [2.45, 2.75) is 39.1 Å². The summed E-state index contributed by atoms with van der Waals surface area (Å²) in [6.07, 6.45) is -3.22. The molecule has 0 aliphatic rings. The van der Waals surface area contributed by atoms with Crippen molar-refractivity contribution in [2.24, 2.45) is 0 Å². The minimum Gasteiger partial charge on any atom is -0.374 e. The van der Waals surface area contributed by atoms with Crippen LogP contribution < -0.4 is 0 Å². The summed E-state index contributed by atoms with van der Waals surface area (Å²) in [6, 6.07) is 0.955. The smallest absolute Gasteiger partial charge is 0.374 e. The van der Waals surface area contributed by atoms with Crippen molar-refractivity contribution in [3.05, 3.63) is 18.0 Å². The molecule has 0 spiro atoms. The van der Waals surface area contributed by atoms with Gasteiger partial charge in [0, 0.05) is 6.20 Å². The van der Waals surface area contributed by atoms with E-state index >= 15 is 0 Å². The van der Waals surface area contributed by atoms with E-state index in [-0.39, 0.29) is 18.8 Å². The molecule has 16 heavy (non-hydrogen) atoms. The van der Waals surface area contributed by atoms with E-state index in [0.717, 1.165) is 16.9 Å². The highest BCUT2D eigenvalue weighted by Crippen LogP contribution is 2.28. The van der Waals surface area contributed by atoms with Gasteiger partial charge in [-0.2, -0.15) is 18.3 Å². The van der Waals surface area contributed by atoms with Crippen LogP contribution in [0.1, 0.15) is 26.5 Å². The third kappa shape index (κ3) is 3.84. The molecule has 0 aliphatic heterocycles. The van der Waals surface area contributed by atoms with Gasteiger partial charge in [-0.3, -0.25) is 4.68 Å². The number of ether oxygens (including phenoxy) is 1. The number of alkyl halides is 3. The fourth-order valence-corrected chi connectivity index (χ4v) is 1.19. The average molecular weight is 236 g/mol. The molecule has 0 amide bonds. The molecule has 6 heteroatoms. The molecule has 0 aliphatic carbocycles. The van der Waals surface area contributed by atoms with Crippen molar-refractivity contribution < 1.29 is 17.9 Å². The number of rotatable bonds is 3. The molecule has 92 valence electrons. The van der Waals surface area contributed by atoms with Crippen molar-refractivity contribution >= 4 is 0 Å². The van der Waals surface area contributed by atoms with Crippen molar-refractivity contribution in [1.29, 1.82) is 0 Å². The second-order valence-electron chi connectivity index (χ2n) is 4.40. The van der Waals surface area contributed by atoms with E-state index in [1.165, 1.54) is 0 Å². The Bertz CT molecular complexity index is 339. The van der Waals surface area contributed by atoms with E-state index in [9.17, 15) is 13.2 Å². The van der Waals surface area contributed by atoms with Crippen LogP contribution in [0.25, 0.3) is 0 Å². The predicted octanol–water partition coefficient (Wildman–Crippen LogP) is 2.72. The lowest BCUT2D eigenvalue weighted by atomic mass is 10.2. The summed E-state index contributed by atoms with van der Waals surface area (Å²) >= 11 is 0. The first kappa shape index (κ1) is 13.0. The fraction of sp³-hybridized carbons (Fsp3) is 0.700. The number of nitrogens with zero attached hydrogens (tertiary/aromatic N) is 2. The van der Waals surface area contributed by atoms with Gasteiger partial charge in [0.15, 0.2) is 0 Å². The van der Waals surface area contributed by atoms with Crippen LogP contribution >= 0.6 is 0 Å². The first-order valence-electron chi connectivity index (χ1n) is 4.93. The molecule has 0 fully saturated rings. The SMILES string of the molecule is CC(C)(C)OCCn1nccc1C(F)(F)F. The van der Waals surface area contributed by atoms with E-state index < -0.39 is 11.9 Å². The molecule has 1 aromatic rings. The monoisotopic (exact) mass is 236 g/mol. The van der Waals surface area contributed by atoms with Gasteiger partial charge >= 0.3 is 6.18 Å². The molecule has 0 atom stereocenters. The summed E-state index contributed by atoms with van der Waals surface area (Å²) in [5.74, 6) is 0. The Morgan fingerprint density at radius 2 is 1.94 bits per heavy atom. The summed E-state index contributed by atoms with van der Waals surface area (Å²) in [7, 11) is 0. The minimum absolute atomic E-state index is 0.0963. The zero-order valence-corrected chi connectivity index (χ0v) is 9.51. The molecule has 1 heterocycles. The number of halogens is 3. The molecule has 0 radical (unpaired) electrons. The van der Waals surface area contributed by atoms with Gasteiger partial charge in [-0.15, -0.1) is 0 Å². The molecule has 0 saturated carbocycles. The summed E-state index contributed by atoms with van der Waals surface area (Å²) in [5, 5.41) is 3.62. The van der Waals surface area contributed by atoms with Crippen molar-refractivity contribution in [1.82, 2.24) is 9.78 Å². The second kappa shape index (κ2) is 4.45. The molecular weight excluding hydrogens is 221 g/mol. The van der Waals surface area contributed by atoms with Gasteiger partial charge < -0.3 is 4.74 Å². The number of hydrogen-bond donors (Lipinski definition) is 0. The van der Waals surface area contributed by atoms with E-state index in [2.05, 4.69) is 5.10 Å². The zero-order valence-electron chi connectivity index (χ0n) is 9.51. The Labute approximate surface area is 92.2 Å². The predicted molar refractivity (Wildman–Crippen MR) is 52.9 cm³/mol. The molecular formula is C10H15F3N2O. The maximum atomic E-state index is 12.4. The van der Waals surface area contributed by atoms with Crippen LogP contribution in [-0.2, 0) is 17.5 Å². The Hall–Kier alpha value is -1.04. The average Bonchev–Trinajstić information content (AvgIpc) is 2.48. The lowest BCUT2D eigenvalue weighted by Crippen LogP contribution is -2.23. The normalized spacial score (nSPS) is 13.1. The maximum Gasteiger partial charge on any atom is 0.433 e. The fourth-order valence-electron chi connectivity index (χ4n) is 1.19. The summed E-state index contributed by atoms with van der Waals surface area (Å²) < 4.78 is 43.6. The largest absolute Gasteiger partial charge is 0.433 e. The van der Waals surface area contributed by atoms with Gasteiger partial charge in [-0.25, -0.2) is 0 Å². The molecule has 0 saturated heterocycles. The zero-order chi connectivity index (χ0) is 12.4. The minimum atomic E-state index is -4.36. The van der Waals surface area contributed by atoms with Gasteiger partial charge in [-0.1, -0.05) is 0 Å². The van der Waals surface area contributed by atoms with Crippen LogP contribution in [0.3, 0.4) is 0 Å². The molecule has 1 aromatic heterocycles. The van der Waals surface area contributed by atoms with Gasteiger partial charge in [0.25, 0.3) is 0 Å². The maximum absolute atomic E-state index is 12.4. The van der Waals surface area contributed by atoms with Gasteiger partial charge in [0.2, 0.25) is 0 Å². The summed E-state index contributed by atoms with van der Waals surface area (Å²) in [6.45, 7) is 5.84. The van der Waals surface area contributed by atoms with Crippen LogP contribution in [0.15, 0.2) is 12.3 Å². The Kier molecular flexibility index (Phi) is 3.62. The van der Waals surface area contributed by atoms with Gasteiger partial charge in [-0.05, 0) is 26.8 Å². The van der Waals surface area contributed by atoms with E-state index in [1.807, 2.05) is 20.8 Å². The van der Waals surface area contributed by atoms with Gasteiger partial charge in [0.05, 0.1) is 18.8 Å². The molecule has 0 aromatic carbocycles. The third-order valence-electron chi connectivity index (χ3n) is 1.85. The van der Waals surface area contributed by atoms with Gasteiger partial charge in [0.1, 0.15) is 5.69 Å². The highest BCUT2D eigenvalue weighted by atomic mass is 19.4. The van der Waals surface area contributed by atoms with Crippen LogP contribution in [0.4, 0.5) is 13.2 Å². The Morgan fingerprint density at radius 3 is 2.44 bits per heavy atom.